The number of rotatable bonds is 3. The summed E-state index contributed by atoms with van der Waals surface area (Å²) >= 11 is 0. The minimum atomic E-state index is -3.16. The highest BCUT2D eigenvalue weighted by Crippen LogP contribution is 2.38. The number of hydrogen-bond donors (Lipinski definition) is 2. The van der Waals surface area contributed by atoms with Crippen molar-refractivity contribution in [2.45, 2.75) is 56.7 Å². The third-order valence-corrected chi connectivity index (χ3v) is 6.94. The summed E-state index contributed by atoms with van der Waals surface area (Å²) in [6.07, 6.45) is 4.87. The summed E-state index contributed by atoms with van der Waals surface area (Å²) in [5, 5.41) is 13.0. The van der Waals surface area contributed by atoms with Gasteiger partial charge in [0.15, 0.2) is 0 Å². The zero-order valence-corrected chi connectivity index (χ0v) is 12.1. The summed E-state index contributed by atoms with van der Waals surface area (Å²) in [6.45, 7) is 1.84. The number of nitrogens with one attached hydrogen (secondary N) is 1. The van der Waals surface area contributed by atoms with E-state index in [1.807, 2.05) is 0 Å². The lowest BCUT2D eigenvalue weighted by Gasteiger charge is -2.37. The lowest BCUT2D eigenvalue weighted by Crippen LogP contribution is -2.50. The van der Waals surface area contributed by atoms with Crippen LogP contribution in [0.2, 0.25) is 0 Å². The molecular weight excluding hydrogens is 264 g/mol. The van der Waals surface area contributed by atoms with Crippen LogP contribution >= 0.6 is 0 Å². The second-order valence-corrected chi connectivity index (χ2v) is 8.25. The van der Waals surface area contributed by atoms with Gasteiger partial charge in [-0.15, -0.1) is 0 Å². The largest absolute Gasteiger partial charge is 0.393 e. The Morgan fingerprint density at radius 1 is 1.16 bits per heavy atom. The predicted molar refractivity (Wildman–Crippen MR) is 73.3 cm³/mol. The quantitative estimate of drug-likeness (QED) is 0.784. The monoisotopic (exact) mass is 288 g/mol. The molecule has 3 heterocycles. The van der Waals surface area contributed by atoms with Gasteiger partial charge < -0.3 is 10.4 Å². The first-order chi connectivity index (χ1) is 9.06. The van der Waals surface area contributed by atoms with E-state index < -0.39 is 10.0 Å². The van der Waals surface area contributed by atoms with Gasteiger partial charge in [0.25, 0.3) is 0 Å². The summed E-state index contributed by atoms with van der Waals surface area (Å²) in [4.78, 5) is 0. The summed E-state index contributed by atoms with van der Waals surface area (Å²) < 4.78 is 27.0. The van der Waals surface area contributed by atoms with E-state index in [2.05, 4.69) is 5.32 Å². The van der Waals surface area contributed by atoms with Crippen molar-refractivity contribution in [3.05, 3.63) is 0 Å². The van der Waals surface area contributed by atoms with Crippen LogP contribution in [-0.4, -0.2) is 54.9 Å². The SMILES string of the molecule is O=S(=O)(CC1CCCNC1)N1C2CCC1CC(O)C2. The Hall–Kier alpha value is -0.170. The first kappa shape index (κ1) is 13.8. The van der Waals surface area contributed by atoms with Gasteiger partial charge in [-0.3, -0.25) is 0 Å². The normalized spacial score (nSPS) is 40.5. The van der Waals surface area contributed by atoms with Crippen molar-refractivity contribution in [3.63, 3.8) is 0 Å². The average Bonchev–Trinajstić information content (AvgIpc) is 2.64. The van der Waals surface area contributed by atoms with E-state index in [0.717, 1.165) is 38.8 Å². The van der Waals surface area contributed by atoms with Crippen molar-refractivity contribution in [2.24, 2.45) is 5.92 Å². The molecule has 110 valence electrons. The van der Waals surface area contributed by atoms with Gasteiger partial charge in [0, 0.05) is 12.1 Å². The summed E-state index contributed by atoms with van der Waals surface area (Å²) in [7, 11) is -3.16. The molecule has 0 aromatic heterocycles. The van der Waals surface area contributed by atoms with Gasteiger partial charge in [0.1, 0.15) is 0 Å². The van der Waals surface area contributed by atoms with Gasteiger partial charge >= 0.3 is 0 Å². The molecule has 3 saturated heterocycles. The van der Waals surface area contributed by atoms with Crippen molar-refractivity contribution in [1.82, 2.24) is 9.62 Å². The van der Waals surface area contributed by atoms with E-state index in [-0.39, 0.29) is 29.9 Å². The van der Waals surface area contributed by atoms with E-state index in [0.29, 0.717) is 12.8 Å². The lowest BCUT2D eigenvalue weighted by molar-refractivity contribution is 0.0766. The number of fused-ring (bicyclic) bond motifs is 2. The number of nitrogens with zero attached hydrogens (tertiary/aromatic N) is 1. The van der Waals surface area contributed by atoms with Crippen molar-refractivity contribution >= 4 is 10.0 Å². The molecule has 19 heavy (non-hydrogen) atoms. The third kappa shape index (κ3) is 2.82. The topological polar surface area (TPSA) is 69.6 Å². The lowest BCUT2D eigenvalue weighted by atomic mass is 10.0. The van der Waals surface area contributed by atoms with Crippen molar-refractivity contribution in [3.8, 4) is 0 Å². The number of hydrogen-bond acceptors (Lipinski definition) is 4. The fourth-order valence-electron chi connectivity index (χ4n) is 4.01. The van der Waals surface area contributed by atoms with Crippen LogP contribution in [-0.2, 0) is 10.0 Å². The fraction of sp³-hybridized carbons (Fsp3) is 1.00. The van der Waals surface area contributed by atoms with Crippen molar-refractivity contribution in [2.75, 3.05) is 18.8 Å². The van der Waals surface area contributed by atoms with E-state index in [1.165, 1.54) is 0 Å². The van der Waals surface area contributed by atoms with Gasteiger partial charge in [-0.05, 0) is 57.5 Å². The van der Waals surface area contributed by atoms with E-state index in [1.54, 1.807) is 4.31 Å². The van der Waals surface area contributed by atoms with Gasteiger partial charge in [-0.2, -0.15) is 4.31 Å². The third-order valence-electron chi connectivity index (χ3n) is 4.81. The Bertz CT molecular complexity index is 406. The molecule has 3 fully saturated rings. The summed E-state index contributed by atoms with van der Waals surface area (Å²) in [5.74, 6) is 0.535. The highest BCUT2D eigenvalue weighted by molar-refractivity contribution is 7.89. The molecule has 0 aromatic carbocycles. The molecule has 3 unspecified atom stereocenters. The predicted octanol–water partition coefficient (Wildman–Crippen LogP) is 0.304. The van der Waals surface area contributed by atoms with E-state index in [4.69, 9.17) is 0 Å². The fourth-order valence-corrected chi connectivity index (χ4v) is 6.35. The number of sulfonamides is 1. The van der Waals surface area contributed by atoms with Gasteiger partial charge in [0.2, 0.25) is 10.0 Å². The van der Waals surface area contributed by atoms with Crippen LogP contribution in [0.3, 0.4) is 0 Å². The molecule has 3 atom stereocenters. The Morgan fingerprint density at radius 3 is 2.42 bits per heavy atom. The maximum absolute atomic E-state index is 12.6. The highest BCUT2D eigenvalue weighted by atomic mass is 32.2. The van der Waals surface area contributed by atoms with Crippen LogP contribution in [0.4, 0.5) is 0 Å². The molecule has 2 bridgehead atoms. The van der Waals surface area contributed by atoms with E-state index in [9.17, 15) is 13.5 Å². The summed E-state index contributed by atoms with van der Waals surface area (Å²) in [5.41, 5.74) is 0. The molecule has 0 aromatic rings. The van der Waals surface area contributed by atoms with Crippen molar-refractivity contribution in [1.29, 1.82) is 0 Å². The zero-order chi connectivity index (χ0) is 13.5. The van der Waals surface area contributed by atoms with Gasteiger partial charge in [0.05, 0.1) is 11.9 Å². The van der Waals surface area contributed by atoms with Crippen LogP contribution in [0.25, 0.3) is 0 Å². The second-order valence-electron chi connectivity index (χ2n) is 6.33. The van der Waals surface area contributed by atoms with Gasteiger partial charge in [-0.25, -0.2) is 8.42 Å². The minimum Gasteiger partial charge on any atom is -0.393 e. The average molecular weight is 288 g/mol. The molecule has 0 aliphatic carbocycles. The maximum atomic E-state index is 12.6. The van der Waals surface area contributed by atoms with Crippen molar-refractivity contribution < 1.29 is 13.5 Å². The molecule has 5 nitrogen and oxygen atoms in total. The second kappa shape index (κ2) is 5.31. The van der Waals surface area contributed by atoms with Crippen LogP contribution in [0.15, 0.2) is 0 Å². The molecule has 2 N–H and O–H groups in total. The van der Waals surface area contributed by atoms with Crippen LogP contribution in [0, 0.1) is 5.92 Å². The number of aliphatic hydroxyl groups excluding tert-OH is 1. The highest BCUT2D eigenvalue weighted by Gasteiger charge is 2.46. The number of piperidine rings is 2. The zero-order valence-electron chi connectivity index (χ0n) is 11.3. The molecule has 0 amide bonds. The van der Waals surface area contributed by atoms with Gasteiger partial charge in [-0.1, -0.05) is 0 Å². The van der Waals surface area contributed by atoms with Crippen LogP contribution in [0.5, 0.6) is 0 Å². The Labute approximate surface area is 115 Å². The number of aliphatic hydroxyl groups is 1. The molecular formula is C13H24N2O3S. The molecule has 3 aliphatic rings. The van der Waals surface area contributed by atoms with E-state index >= 15 is 0 Å². The molecule has 3 aliphatic heterocycles. The van der Waals surface area contributed by atoms with Crippen LogP contribution < -0.4 is 5.32 Å². The first-order valence-corrected chi connectivity index (χ1v) is 9.07. The Kier molecular flexibility index (Phi) is 3.86. The first-order valence-electron chi connectivity index (χ1n) is 7.46. The minimum absolute atomic E-state index is 0.0512. The standard InChI is InChI=1S/C13H24N2O3S/c16-13-6-11-3-4-12(7-13)15(11)19(17,18)9-10-2-1-5-14-8-10/h10-14,16H,1-9H2. The Balaban J connectivity index is 1.70. The molecule has 3 rings (SSSR count). The molecule has 6 heteroatoms. The Morgan fingerprint density at radius 2 is 1.84 bits per heavy atom. The molecule has 0 radical (unpaired) electrons. The van der Waals surface area contributed by atoms with Crippen LogP contribution in [0.1, 0.15) is 38.5 Å². The summed E-state index contributed by atoms with van der Waals surface area (Å²) in [6, 6.07) is 0.102. The molecule has 0 saturated carbocycles. The smallest absolute Gasteiger partial charge is 0.214 e. The molecule has 0 spiro atoms. The maximum Gasteiger partial charge on any atom is 0.214 e.